The minimum absolute atomic E-state index is 0.0484. The minimum Gasteiger partial charge on any atom is -0.481 e. The van der Waals surface area contributed by atoms with Gasteiger partial charge in [-0.1, -0.05) is 60.6 Å². The van der Waals surface area contributed by atoms with Crippen molar-refractivity contribution < 1.29 is 29.2 Å². The van der Waals surface area contributed by atoms with Crippen molar-refractivity contribution >= 4 is 23.5 Å². The number of nitrogens with one attached hydrogen (secondary N) is 1. The standard InChI is InChI=1S/C51H70N4O7/c1-29(2)32-18-23-51(45(59)54-26-10-11-37(54)42-52-28-36(53-42)30-12-14-31(15-13-30)55(60)61)25-24-49(8)33(41(32)51)16-17-39-48(7)21-20-40(47(5,6)38(48)19-22-50(39,49)9)62-44(58)35-27-34(43(56)57)46(35,3)4/h12-15,28,32-35,37-41H,1,10-11,16-27H2,2-9H3,(H,52,53)(H,56,57)/t32-,33+,34-,35+,37-,38-,39+,40-,41+,48-,49+,50+,51-/m0/s1. The summed E-state index contributed by atoms with van der Waals surface area (Å²) in [5.41, 5.74) is 1.87. The predicted octanol–water partition coefficient (Wildman–Crippen LogP) is 11.0. The molecule has 1 aromatic carbocycles. The molecule has 1 aliphatic heterocycles. The Morgan fingerprint density at radius 3 is 2.26 bits per heavy atom. The number of likely N-dealkylation sites (tertiary alicyclic amines) is 1. The number of ether oxygens (including phenoxy) is 1. The average molecular weight is 851 g/mol. The van der Waals surface area contributed by atoms with E-state index in [1.54, 1.807) is 18.3 Å². The Balaban J connectivity index is 0.958. The molecule has 0 spiro atoms. The highest BCUT2D eigenvalue weighted by molar-refractivity contribution is 5.85. The Kier molecular flexibility index (Phi) is 10.1. The second kappa shape index (κ2) is 14.5. The highest BCUT2D eigenvalue weighted by Crippen LogP contribution is 2.78. The fourth-order valence-corrected chi connectivity index (χ4v) is 16.7. The van der Waals surface area contributed by atoms with Gasteiger partial charge in [0, 0.05) is 29.7 Å². The molecule has 7 aliphatic rings. The molecule has 1 aromatic heterocycles. The first-order chi connectivity index (χ1) is 29.1. The Morgan fingerprint density at radius 2 is 1.60 bits per heavy atom. The van der Waals surface area contributed by atoms with Gasteiger partial charge in [-0.2, -0.15) is 0 Å². The summed E-state index contributed by atoms with van der Waals surface area (Å²) < 4.78 is 6.46. The monoisotopic (exact) mass is 851 g/mol. The maximum Gasteiger partial charge on any atom is 0.309 e. The fraction of sp³-hybridized carbons (Fsp3) is 0.725. The molecule has 336 valence electrons. The molecule has 62 heavy (non-hydrogen) atoms. The van der Waals surface area contributed by atoms with Crippen LogP contribution in [0.15, 0.2) is 42.6 Å². The lowest BCUT2D eigenvalue weighted by atomic mass is 9.32. The van der Waals surface area contributed by atoms with Crippen molar-refractivity contribution in [2.75, 3.05) is 6.54 Å². The van der Waals surface area contributed by atoms with Crippen molar-refractivity contribution in [3.8, 4) is 11.3 Å². The number of fused-ring (bicyclic) bond motifs is 7. The molecular formula is C51H70N4O7. The summed E-state index contributed by atoms with van der Waals surface area (Å²) in [6, 6.07) is 6.38. The van der Waals surface area contributed by atoms with Crippen molar-refractivity contribution in [1.82, 2.24) is 14.9 Å². The van der Waals surface area contributed by atoms with Gasteiger partial charge in [0.2, 0.25) is 5.91 Å². The normalized spacial score (nSPS) is 41.4. The highest BCUT2D eigenvalue weighted by atomic mass is 16.6. The number of imidazole rings is 1. The number of allylic oxidation sites excluding steroid dienone is 1. The molecule has 13 atom stereocenters. The van der Waals surface area contributed by atoms with Crippen LogP contribution in [0.5, 0.6) is 0 Å². The molecular weight excluding hydrogens is 781 g/mol. The van der Waals surface area contributed by atoms with Crippen molar-refractivity contribution in [1.29, 1.82) is 0 Å². The summed E-state index contributed by atoms with van der Waals surface area (Å²) in [6.45, 7) is 23.8. The zero-order valence-corrected chi connectivity index (χ0v) is 38.4. The van der Waals surface area contributed by atoms with E-state index in [1.807, 2.05) is 13.8 Å². The van der Waals surface area contributed by atoms with E-state index in [0.717, 1.165) is 101 Å². The number of aliphatic carboxylic acids is 1. The third-order valence-electron chi connectivity index (χ3n) is 20.4. The van der Waals surface area contributed by atoms with Gasteiger partial charge in [-0.3, -0.25) is 24.5 Å². The molecule has 11 nitrogen and oxygen atoms in total. The van der Waals surface area contributed by atoms with Crippen LogP contribution in [0.2, 0.25) is 0 Å². The lowest BCUT2D eigenvalue weighted by Crippen LogP contribution is -2.67. The van der Waals surface area contributed by atoms with E-state index < -0.39 is 27.6 Å². The van der Waals surface area contributed by atoms with Crippen LogP contribution < -0.4 is 0 Å². The molecule has 9 rings (SSSR count). The minimum atomic E-state index is -0.830. The van der Waals surface area contributed by atoms with E-state index in [4.69, 9.17) is 9.72 Å². The molecule has 1 saturated heterocycles. The van der Waals surface area contributed by atoms with E-state index in [1.165, 1.54) is 17.7 Å². The fourth-order valence-electron chi connectivity index (χ4n) is 16.7. The van der Waals surface area contributed by atoms with E-state index in [0.29, 0.717) is 36.0 Å². The van der Waals surface area contributed by atoms with E-state index in [2.05, 4.69) is 58.0 Å². The van der Waals surface area contributed by atoms with Crippen LogP contribution in [-0.2, 0) is 19.1 Å². The number of amides is 1. The number of aromatic amines is 1. The molecule has 0 bridgehead atoms. The number of H-pyrrole nitrogens is 1. The lowest BCUT2D eigenvalue weighted by molar-refractivity contribution is -0.384. The van der Waals surface area contributed by atoms with Gasteiger partial charge < -0.3 is 19.7 Å². The first-order valence-corrected chi connectivity index (χ1v) is 23.8. The van der Waals surface area contributed by atoms with Crippen molar-refractivity contribution in [3.05, 3.63) is 58.6 Å². The Hall–Kier alpha value is -4.02. The van der Waals surface area contributed by atoms with Gasteiger partial charge in [0.25, 0.3) is 5.69 Å². The molecule has 0 unspecified atom stereocenters. The number of aromatic nitrogens is 2. The van der Waals surface area contributed by atoms with Gasteiger partial charge in [0.1, 0.15) is 11.9 Å². The van der Waals surface area contributed by atoms with Gasteiger partial charge >= 0.3 is 11.9 Å². The number of carbonyl (C=O) groups excluding carboxylic acids is 2. The number of nitrogens with zero attached hydrogens (tertiary/aromatic N) is 3. The number of carboxylic acid groups (broad SMARTS) is 1. The summed E-state index contributed by atoms with van der Waals surface area (Å²) in [7, 11) is 0. The van der Waals surface area contributed by atoms with Crippen LogP contribution >= 0.6 is 0 Å². The molecule has 6 aliphatic carbocycles. The number of rotatable bonds is 8. The maximum atomic E-state index is 15.6. The zero-order valence-electron chi connectivity index (χ0n) is 38.4. The number of carboxylic acids is 1. The van der Waals surface area contributed by atoms with Crippen LogP contribution in [0, 0.1) is 84.0 Å². The summed E-state index contributed by atoms with van der Waals surface area (Å²) in [5, 5.41) is 21.0. The van der Waals surface area contributed by atoms with Crippen LogP contribution in [0.1, 0.15) is 151 Å². The zero-order chi connectivity index (χ0) is 44.5. The van der Waals surface area contributed by atoms with Gasteiger partial charge in [-0.15, -0.1) is 0 Å². The van der Waals surface area contributed by atoms with E-state index >= 15 is 4.79 Å². The lowest BCUT2D eigenvalue weighted by Gasteiger charge is -2.73. The van der Waals surface area contributed by atoms with Gasteiger partial charge in [0.15, 0.2) is 0 Å². The molecule has 7 fully saturated rings. The number of carbonyl (C=O) groups is 3. The molecule has 2 aromatic rings. The molecule has 2 N–H and O–H groups in total. The first-order valence-electron chi connectivity index (χ1n) is 23.8. The quantitative estimate of drug-likeness (QED) is 0.115. The number of nitro benzene ring substituents is 1. The summed E-state index contributed by atoms with van der Waals surface area (Å²) in [4.78, 5) is 62.5. The SMILES string of the molecule is C=C(C)[C@@H]1CC[C@]2(C(=O)N3CCC[C@H]3c3ncc(-c4ccc([N+](=O)[O-])cc4)[nH]3)CC[C@]3(C)[C@H](CC[C@@H]4[C@@]5(C)CC[C@H](OC(=O)[C@H]6C[C@@H](C(=O)O)C6(C)C)C(C)(C)[C@@H]5CC[C@]43C)[C@@H]12. The molecule has 2 heterocycles. The molecule has 6 saturated carbocycles. The number of hydrogen-bond donors (Lipinski definition) is 2. The molecule has 0 radical (unpaired) electrons. The molecule has 11 heteroatoms. The second-order valence-corrected chi connectivity index (χ2v) is 23.3. The number of benzene rings is 1. The topological polar surface area (TPSA) is 156 Å². The maximum absolute atomic E-state index is 15.6. The third-order valence-corrected chi connectivity index (χ3v) is 20.4. The predicted molar refractivity (Wildman–Crippen MR) is 236 cm³/mol. The van der Waals surface area contributed by atoms with Crippen LogP contribution in [-0.4, -0.2) is 55.4 Å². The Labute approximate surface area is 367 Å². The first kappa shape index (κ1) is 43.2. The van der Waals surface area contributed by atoms with Crippen molar-refractivity contribution in [2.45, 2.75) is 151 Å². The Morgan fingerprint density at radius 1 is 0.871 bits per heavy atom. The van der Waals surface area contributed by atoms with Crippen molar-refractivity contribution in [2.24, 2.45) is 73.9 Å². The van der Waals surface area contributed by atoms with Crippen LogP contribution in [0.3, 0.4) is 0 Å². The highest BCUT2D eigenvalue weighted by Gasteiger charge is 2.72. The number of esters is 1. The number of hydrogen-bond acceptors (Lipinski definition) is 7. The number of non-ortho nitro benzene ring substituents is 1. The van der Waals surface area contributed by atoms with E-state index in [9.17, 15) is 24.8 Å². The number of nitro groups is 1. The Bertz CT molecular complexity index is 2180. The smallest absolute Gasteiger partial charge is 0.309 e. The second-order valence-electron chi connectivity index (χ2n) is 23.3. The third kappa shape index (κ3) is 6.00. The van der Waals surface area contributed by atoms with E-state index in [-0.39, 0.29) is 57.3 Å². The summed E-state index contributed by atoms with van der Waals surface area (Å²) >= 11 is 0. The van der Waals surface area contributed by atoms with Gasteiger partial charge in [-0.05, 0) is 154 Å². The van der Waals surface area contributed by atoms with Crippen molar-refractivity contribution in [3.63, 3.8) is 0 Å². The largest absolute Gasteiger partial charge is 0.481 e. The summed E-state index contributed by atoms with van der Waals surface area (Å²) in [6.07, 6.45) is 13.9. The van der Waals surface area contributed by atoms with Crippen LogP contribution in [0.4, 0.5) is 5.69 Å². The van der Waals surface area contributed by atoms with Gasteiger partial charge in [0.05, 0.1) is 40.1 Å². The molecule has 1 amide bonds. The van der Waals surface area contributed by atoms with Gasteiger partial charge in [-0.25, -0.2) is 4.98 Å². The summed E-state index contributed by atoms with van der Waals surface area (Å²) in [5.74, 6) is 1.03. The van der Waals surface area contributed by atoms with Crippen LogP contribution in [0.25, 0.3) is 11.3 Å². The average Bonchev–Trinajstić information content (AvgIpc) is 3.98.